The van der Waals surface area contributed by atoms with Gasteiger partial charge in [0, 0.05) is 18.1 Å². The Balaban J connectivity index is 2.21. The molecule has 2 rings (SSSR count). The third-order valence-corrected chi connectivity index (χ3v) is 3.08. The maximum Gasteiger partial charge on any atom is 0.254 e. The van der Waals surface area contributed by atoms with Crippen molar-refractivity contribution in [3.05, 3.63) is 59.2 Å². The molecule has 20 heavy (non-hydrogen) atoms. The topological polar surface area (TPSA) is 68.0 Å². The molecule has 4 nitrogen and oxygen atoms in total. The zero-order valence-corrected chi connectivity index (χ0v) is 11.4. The summed E-state index contributed by atoms with van der Waals surface area (Å²) in [5.41, 5.74) is 7.23. The van der Waals surface area contributed by atoms with Crippen LogP contribution in [0.1, 0.15) is 34.5 Å². The Bertz CT molecular complexity index is 629. The van der Waals surface area contributed by atoms with E-state index in [1.165, 1.54) is 12.1 Å². The maximum absolute atomic E-state index is 14.0. The zero-order valence-electron chi connectivity index (χ0n) is 11.4. The second kappa shape index (κ2) is 5.69. The van der Waals surface area contributed by atoms with Crippen LogP contribution in [0.5, 0.6) is 0 Å². The van der Waals surface area contributed by atoms with Gasteiger partial charge < -0.3 is 11.1 Å². The Kier molecular flexibility index (Phi) is 3.98. The molecule has 0 saturated carbocycles. The molecule has 0 radical (unpaired) electrons. The van der Waals surface area contributed by atoms with E-state index in [9.17, 15) is 9.18 Å². The number of amides is 1. The van der Waals surface area contributed by atoms with E-state index in [0.717, 1.165) is 5.56 Å². The Morgan fingerprint density at radius 3 is 2.65 bits per heavy atom. The number of aromatic nitrogens is 1. The second-order valence-electron chi connectivity index (χ2n) is 4.68. The molecule has 1 heterocycles. The number of benzene rings is 1. The molecule has 1 amide bonds. The fourth-order valence-corrected chi connectivity index (χ4v) is 1.97. The molecule has 0 spiro atoms. The lowest BCUT2D eigenvalue weighted by atomic mass is 10.1. The molecule has 2 aromatic rings. The van der Waals surface area contributed by atoms with Crippen LogP contribution in [0.25, 0.3) is 0 Å². The highest BCUT2D eigenvalue weighted by Crippen LogP contribution is 2.18. The number of rotatable bonds is 3. The van der Waals surface area contributed by atoms with Crippen molar-refractivity contribution >= 4 is 11.6 Å². The van der Waals surface area contributed by atoms with Crippen molar-refractivity contribution in [3.63, 3.8) is 0 Å². The van der Waals surface area contributed by atoms with Gasteiger partial charge in [-0.1, -0.05) is 0 Å². The first kappa shape index (κ1) is 14.0. The van der Waals surface area contributed by atoms with E-state index in [0.29, 0.717) is 11.3 Å². The molecule has 104 valence electrons. The fraction of sp³-hybridized carbons (Fsp3) is 0.200. The van der Waals surface area contributed by atoms with E-state index < -0.39 is 11.7 Å². The van der Waals surface area contributed by atoms with Gasteiger partial charge in [0.2, 0.25) is 0 Å². The van der Waals surface area contributed by atoms with Crippen LogP contribution >= 0.6 is 0 Å². The van der Waals surface area contributed by atoms with E-state index in [4.69, 9.17) is 5.73 Å². The molecule has 0 bridgehead atoms. The van der Waals surface area contributed by atoms with Crippen molar-refractivity contribution < 1.29 is 9.18 Å². The Morgan fingerprint density at radius 2 is 2.00 bits per heavy atom. The molecule has 1 unspecified atom stereocenters. The van der Waals surface area contributed by atoms with Gasteiger partial charge in [0.1, 0.15) is 5.82 Å². The third-order valence-electron chi connectivity index (χ3n) is 3.08. The van der Waals surface area contributed by atoms with Crippen LogP contribution < -0.4 is 11.1 Å². The molecule has 1 aromatic carbocycles. The average molecular weight is 273 g/mol. The highest BCUT2D eigenvalue weighted by molar-refractivity contribution is 5.95. The molecule has 0 aliphatic carbocycles. The summed E-state index contributed by atoms with van der Waals surface area (Å²) in [6.45, 7) is 3.40. The highest BCUT2D eigenvalue weighted by Gasteiger charge is 2.17. The zero-order chi connectivity index (χ0) is 14.7. The molecule has 0 fully saturated rings. The summed E-state index contributed by atoms with van der Waals surface area (Å²) in [6.07, 6.45) is 3.28. The normalized spacial score (nSPS) is 11.9. The van der Waals surface area contributed by atoms with Crippen LogP contribution in [0.3, 0.4) is 0 Å². The van der Waals surface area contributed by atoms with Crippen LogP contribution in [0.4, 0.5) is 10.1 Å². The number of nitrogens with two attached hydrogens (primary N) is 1. The van der Waals surface area contributed by atoms with Crippen LogP contribution in [-0.4, -0.2) is 10.9 Å². The first-order chi connectivity index (χ1) is 9.49. The maximum atomic E-state index is 14.0. The van der Waals surface area contributed by atoms with Crippen molar-refractivity contribution in [2.75, 3.05) is 5.73 Å². The van der Waals surface area contributed by atoms with Crippen molar-refractivity contribution in [1.82, 2.24) is 10.3 Å². The number of aryl methyl sites for hydroxylation is 1. The van der Waals surface area contributed by atoms with E-state index in [-0.39, 0.29) is 11.6 Å². The average Bonchev–Trinajstić information content (AvgIpc) is 2.43. The number of carbonyl (C=O) groups is 1. The number of nitrogens with zero attached hydrogens (tertiary/aromatic N) is 1. The van der Waals surface area contributed by atoms with Gasteiger partial charge in [-0.25, -0.2) is 4.39 Å². The molecule has 0 aliphatic heterocycles. The molecule has 0 saturated heterocycles. The Morgan fingerprint density at radius 1 is 1.35 bits per heavy atom. The predicted octanol–water partition coefficient (Wildman–Crippen LogP) is 2.60. The number of hydrogen-bond donors (Lipinski definition) is 2. The predicted molar refractivity (Wildman–Crippen MR) is 75.7 cm³/mol. The lowest BCUT2D eigenvalue weighted by Crippen LogP contribution is -2.27. The number of nitrogen functional groups attached to an aromatic ring is 1. The van der Waals surface area contributed by atoms with Crippen LogP contribution in [0.15, 0.2) is 36.7 Å². The van der Waals surface area contributed by atoms with Crippen LogP contribution in [0.2, 0.25) is 0 Å². The van der Waals surface area contributed by atoms with Crippen LogP contribution in [0, 0.1) is 12.7 Å². The summed E-state index contributed by atoms with van der Waals surface area (Å²) in [6, 6.07) is 6.19. The van der Waals surface area contributed by atoms with Gasteiger partial charge in [-0.3, -0.25) is 9.78 Å². The standard InChI is InChI=1S/C15H16FN3O/c1-9-7-12(17)8-13(14(9)16)15(20)19-10(2)11-3-5-18-6-4-11/h3-8,10H,17H2,1-2H3,(H,19,20). The lowest BCUT2D eigenvalue weighted by molar-refractivity contribution is 0.0935. The molecular formula is C15H16FN3O. The van der Waals surface area contributed by atoms with Gasteiger partial charge >= 0.3 is 0 Å². The number of halogens is 1. The van der Waals surface area contributed by atoms with Gasteiger partial charge in [-0.05, 0) is 49.2 Å². The largest absolute Gasteiger partial charge is 0.399 e. The number of carbonyl (C=O) groups excluding carboxylic acids is 1. The van der Waals surface area contributed by atoms with Gasteiger partial charge in [0.25, 0.3) is 5.91 Å². The highest BCUT2D eigenvalue weighted by atomic mass is 19.1. The van der Waals surface area contributed by atoms with Crippen molar-refractivity contribution in [2.45, 2.75) is 19.9 Å². The molecule has 0 aliphatic rings. The van der Waals surface area contributed by atoms with Gasteiger partial charge in [0.15, 0.2) is 0 Å². The Hall–Kier alpha value is -2.43. The minimum absolute atomic E-state index is 0.0385. The fourth-order valence-electron chi connectivity index (χ4n) is 1.97. The van der Waals surface area contributed by atoms with Gasteiger partial charge in [0.05, 0.1) is 11.6 Å². The first-order valence-corrected chi connectivity index (χ1v) is 6.25. The molecule has 5 heteroatoms. The van der Waals surface area contributed by atoms with E-state index in [1.807, 2.05) is 6.92 Å². The Labute approximate surface area is 116 Å². The second-order valence-corrected chi connectivity index (χ2v) is 4.68. The number of hydrogen-bond acceptors (Lipinski definition) is 3. The summed E-state index contributed by atoms with van der Waals surface area (Å²) in [5.74, 6) is -1.03. The molecule has 1 atom stereocenters. The van der Waals surface area contributed by atoms with Crippen molar-refractivity contribution in [1.29, 1.82) is 0 Å². The summed E-state index contributed by atoms with van der Waals surface area (Å²) in [4.78, 5) is 16.0. The summed E-state index contributed by atoms with van der Waals surface area (Å²) in [7, 11) is 0. The number of nitrogens with one attached hydrogen (secondary N) is 1. The number of pyridine rings is 1. The smallest absolute Gasteiger partial charge is 0.254 e. The summed E-state index contributed by atoms with van der Waals surface area (Å²) >= 11 is 0. The summed E-state index contributed by atoms with van der Waals surface area (Å²) in [5, 5.41) is 2.75. The lowest BCUT2D eigenvalue weighted by Gasteiger charge is -2.15. The monoisotopic (exact) mass is 273 g/mol. The van der Waals surface area contributed by atoms with Crippen molar-refractivity contribution in [3.8, 4) is 0 Å². The van der Waals surface area contributed by atoms with Gasteiger partial charge in [-0.2, -0.15) is 0 Å². The van der Waals surface area contributed by atoms with E-state index in [1.54, 1.807) is 31.5 Å². The third kappa shape index (κ3) is 2.93. The van der Waals surface area contributed by atoms with Crippen molar-refractivity contribution in [2.24, 2.45) is 0 Å². The van der Waals surface area contributed by atoms with E-state index in [2.05, 4.69) is 10.3 Å². The SMILES string of the molecule is Cc1cc(N)cc(C(=O)NC(C)c2ccncc2)c1F. The molecule has 3 N–H and O–H groups in total. The number of anilines is 1. The van der Waals surface area contributed by atoms with Crippen LogP contribution in [-0.2, 0) is 0 Å². The first-order valence-electron chi connectivity index (χ1n) is 6.25. The quantitative estimate of drug-likeness (QED) is 0.845. The minimum Gasteiger partial charge on any atom is -0.399 e. The molecular weight excluding hydrogens is 257 g/mol. The van der Waals surface area contributed by atoms with E-state index >= 15 is 0 Å². The van der Waals surface area contributed by atoms with Gasteiger partial charge in [-0.15, -0.1) is 0 Å². The summed E-state index contributed by atoms with van der Waals surface area (Å²) < 4.78 is 14.0. The molecule has 1 aromatic heterocycles. The minimum atomic E-state index is -0.543.